The highest BCUT2D eigenvalue weighted by Crippen LogP contribution is 2.27. The van der Waals surface area contributed by atoms with E-state index in [1.54, 1.807) is 0 Å². The summed E-state index contributed by atoms with van der Waals surface area (Å²) in [6.45, 7) is 2.46. The van der Waals surface area contributed by atoms with E-state index in [1.165, 1.54) is 0 Å². The first-order valence-corrected chi connectivity index (χ1v) is 4.65. The van der Waals surface area contributed by atoms with E-state index in [4.69, 9.17) is 4.74 Å². The van der Waals surface area contributed by atoms with Crippen LogP contribution in [-0.2, 0) is 14.3 Å². The van der Waals surface area contributed by atoms with Crippen molar-refractivity contribution in [1.29, 1.82) is 0 Å². The highest BCUT2D eigenvalue weighted by molar-refractivity contribution is 5.76. The minimum absolute atomic E-state index is 0.0626. The average Bonchev–Trinajstić information content (AvgIpc) is 2.78. The first kappa shape index (κ1) is 11.4. The molecule has 0 spiro atoms. The molecule has 1 saturated heterocycles. The van der Waals surface area contributed by atoms with Crippen LogP contribution in [0.1, 0.15) is 26.7 Å². The molecule has 5 heteroatoms. The first-order chi connectivity index (χ1) is 6.45. The normalized spacial score (nSPS) is 26.0. The van der Waals surface area contributed by atoms with Gasteiger partial charge in [-0.25, -0.2) is 4.79 Å². The summed E-state index contributed by atoms with van der Waals surface area (Å²) in [7, 11) is 0. The minimum Gasteiger partial charge on any atom is -0.458 e. The second-order valence-corrected chi connectivity index (χ2v) is 3.49. The van der Waals surface area contributed by atoms with Gasteiger partial charge in [-0.15, -0.1) is 0 Å². The van der Waals surface area contributed by atoms with E-state index in [-0.39, 0.29) is 18.8 Å². The summed E-state index contributed by atoms with van der Waals surface area (Å²) < 4.78 is 34.1. The van der Waals surface area contributed by atoms with E-state index in [0.29, 0.717) is 6.92 Å². The molecule has 0 aromatic carbocycles. The molecule has 0 aromatic rings. The molecule has 0 aromatic heterocycles. The van der Waals surface area contributed by atoms with E-state index in [1.807, 2.05) is 6.92 Å². The fourth-order valence-electron chi connectivity index (χ4n) is 1.15. The van der Waals surface area contributed by atoms with Gasteiger partial charge in [-0.1, -0.05) is 13.3 Å². The third-order valence-corrected chi connectivity index (χ3v) is 2.00. The molecule has 0 amide bonds. The lowest BCUT2D eigenvalue weighted by atomic mass is 10.2. The Hall–Kier alpha value is -0.710. The van der Waals surface area contributed by atoms with Crippen molar-refractivity contribution in [1.82, 2.24) is 0 Å². The largest absolute Gasteiger partial charge is 0.458 e. The van der Waals surface area contributed by atoms with Crippen LogP contribution in [0.5, 0.6) is 0 Å². The molecule has 0 radical (unpaired) electrons. The lowest BCUT2D eigenvalue weighted by Crippen LogP contribution is -2.28. The molecule has 82 valence electrons. The molecule has 1 aliphatic rings. The number of halogens is 2. The van der Waals surface area contributed by atoms with Gasteiger partial charge >= 0.3 is 11.9 Å². The predicted octanol–water partition coefficient (Wildman–Crippen LogP) is 1.75. The number of esters is 1. The van der Waals surface area contributed by atoms with Crippen molar-refractivity contribution in [3.8, 4) is 0 Å². The van der Waals surface area contributed by atoms with Gasteiger partial charge in [0.15, 0.2) is 0 Å². The Morgan fingerprint density at radius 1 is 1.50 bits per heavy atom. The zero-order valence-corrected chi connectivity index (χ0v) is 8.26. The number of carbonyl (C=O) groups is 1. The molecule has 0 aliphatic carbocycles. The monoisotopic (exact) mass is 208 g/mol. The van der Waals surface area contributed by atoms with Gasteiger partial charge in [0, 0.05) is 6.92 Å². The zero-order chi connectivity index (χ0) is 10.8. The van der Waals surface area contributed by atoms with Gasteiger partial charge < -0.3 is 9.47 Å². The van der Waals surface area contributed by atoms with Crippen LogP contribution >= 0.6 is 0 Å². The van der Waals surface area contributed by atoms with Crippen molar-refractivity contribution in [3.05, 3.63) is 0 Å². The van der Waals surface area contributed by atoms with Crippen LogP contribution in [0.4, 0.5) is 8.78 Å². The van der Waals surface area contributed by atoms with E-state index >= 15 is 0 Å². The number of hydrogen-bond donors (Lipinski definition) is 0. The quantitative estimate of drug-likeness (QED) is 0.510. The molecule has 0 bridgehead atoms. The SMILES string of the molecule is CCCC1OC1COC(=O)C(C)(F)F. The van der Waals surface area contributed by atoms with E-state index < -0.39 is 11.9 Å². The highest BCUT2D eigenvalue weighted by atomic mass is 19.3. The van der Waals surface area contributed by atoms with Gasteiger partial charge in [-0.3, -0.25) is 0 Å². The lowest BCUT2D eigenvalue weighted by Gasteiger charge is -2.08. The maximum absolute atomic E-state index is 12.3. The minimum atomic E-state index is -3.41. The van der Waals surface area contributed by atoms with Crippen LogP contribution in [0, 0.1) is 0 Å². The van der Waals surface area contributed by atoms with Gasteiger partial charge in [0.05, 0.1) is 6.10 Å². The molecule has 1 aliphatic heterocycles. The van der Waals surface area contributed by atoms with Crippen molar-refractivity contribution in [2.24, 2.45) is 0 Å². The number of carbonyl (C=O) groups excluding carboxylic acids is 1. The molecule has 1 fully saturated rings. The molecule has 1 rings (SSSR count). The van der Waals surface area contributed by atoms with Crippen molar-refractivity contribution in [2.75, 3.05) is 6.61 Å². The predicted molar refractivity (Wildman–Crippen MR) is 45.1 cm³/mol. The zero-order valence-electron chi connectivity index (χ0n) is 8.26. The third kappa shape index (κ3) is 3.21. The average molecular weight is 208 g/mol. The topological polar surface area (TPSA) is 38.8 Å². The summed E-state index contributed by atoms with van der Waals surface area (Å²) in [5, 5.41) is 0. The molecule has 1 heterocycles. The highest BCUT2D eigenvalue weighted by Gasteiger charge is 2.41. The number of ether oxygens (including phenoxy) is 2. The van der Waals surface area contributed by atoms with Gasteiger partial charge in [0.1, 0.15) is 12.7 Å². The summed E-state index contributed by atoms with van der Waals surface area (Å²) in [6, 6.07) is 0. The van der Waals surface area contributed by atoms with Gasteiger partial charge in [-0.2, -0.15) is 8.78 Å². The number of epoxide rings is 1. The van der Waals surface area contributed by atoms with Gasteiger partial charge in [0.2, 0.25) is 0 Å². The van der Waals surface area contributed by atoms with Crippen molar-refractivity contribution >= 4 is 5.97 Å². The Morgan fingerprint density at radius 3 is 2.64 bits per heavy atom. The van der Waals surface area contributed by atoms with Crippen LogP contribution in [0.15, 0.2) is 0 Å². The third-order valence-electron chi connectivity index (χ3n) is 2.00. The summed E-state index contributed by atoms with van der Waals surface area (Å²) in [5.41, 5.74) is 0. The van der Waals surface area contributed by atoms with Crippen LogP contribution in [-0.4, -0.2) is 30.7 Å². The van der Waals surface area contributed by atoms with E-state index in [2.05, 4.69) is 4.74 Å². The van der Waals surface area contributed by atoms with Crippen LogP contribution < -0.4 is 0 Å². The van der Waals surface area contributed by atoms with Gasteiger partial charge in [-0.05, 0) is 6.42 Å². The van der Waals surface area contributed by atoms with E-state index in [9.17, 15) is 13.6 Å². The van der Waals surface area contributed by atoms with Gasteiger partial charge in [0.25, 0.3) is 0 Å². The van der Waals surface area contributed by atoms with Crippen LogP contribution in [0.2, 0.25) is 0 Å². The maximum Gasteiger partial charge on any atom is 0.376 e. The summed E-state index contributed by atoms with van der Waals surface area (Å²) in [5.74, 6) is -4.89. The molecular weight excluding hydrogens is 194 g/mol. The Bertz CT molecular complexity index is 213. The van der Waals surface area contributed by atoms with E-state index in [0.717, 1.165) is 12.8 Å². The molecule has 14 heavy (non-hydrogen) atoms. The fraction of sp³-hybridized carbons (Fsp3) is 0.889. The maximum atomic E-state index is 12.3. The summed E-state index contributed by atoms with van der Waals surface area (Å²) in [6.07, 6.45) is 1.75. The van der Waals surface area contributed by atoms with Crippen molar-refractivity contribution < 1.29 is 23.0 Å². The van der Waals surface area contributed by atoms with Crippen molar-refractivity contribution in [3.63, 3.8) is 0 Å². The van der Waals surface area contributed by atoms with Crippen LogP contribution in [0.3, 0.4) is 0 Å². The standard InChI is InChI=1S/C9H14F2O3/c1-3-4-6-7(14-6)5-13-8(12)9(2,10)11/h6-7H,3-5H2,1-2H3. The molecular formula is C9H14F2O3. The Labute approximate surface area is 81.4 Å². The molecule has 0 N–H and O–H groups in total. The molecule has 2 atom stereocenters. The number of rotatable bonds is 5. The molecule has 3 nitrogen and oxygen atoms in total. The number of alkyl halides is 2. The fourth-order valence-corrected chi connectivity index (χ4v) is 1.15. The Morgan fingerprint density at radius 2 is 2.14 bits per heavy atom. The smallest absolute Gasteiger partial charge is 0.376 e. The molecule has 0 saturated carbocycles. The molecule has 2 unspecified atom stereocenters. The summed E-state index contributed by atoms with van der Waals surface area (Å²) >= 11 is 0. The Balaban J connectivity index is 2.14. The second kappa shape index (κ2) is 4.21. The number of hydrogen-bond acceptors (Lipinski definition) is 3. The Kier molecular flexibility index (Phi) is 3.42. The second-order valence-electron chi connectivity index (χ2n) is 3.49. The lowest BCUT2D eigenvalue weighted by molar-refractivity contribution is -0.169. The van der Waals surface area contributed by atoms with Crippen molar-refractivity contribution in [2.45, 2.75) is 44.8 Å². The first-order valence-electron chi connectivity index (χ1n) is 4.65. The van der Waals surface area contributed by atoms with Crippen LogP contribution in [0.25, 0.3) is 0 Å². The summed E-state index contributed by atoms with van der Waals surface area (Å²) in [4.78, 5) is 10.6.